The van der Waals surface area contributed by atoms with E-state index in [1.165, 1.54) is 0 Å². The number of ether oxygens (including phenoxy) is 2. The van der Waals surface area contributed by atoms with Crippen molar-refractivity contribution in [3.05, 3.63) is 59.8 Å². The summed E-state index contributed by atoms with van der Waals surface area (Å²) in [5.41, 5.74) is 4.35. The lowest BCUT2D eigenvalue weighted by atomic mass is 10.0. The van der Waals surface area contributed by atoms with Crippen molar-refractivity contribution in [2.75, 3.05) is 44.8 Å². The van der Waals surface area contributed by atoms with Crippen LogP contribution in [0, 0.1) is 6.92 Å². The minimum atomic E-state index is 0.0971. The minimum absolute atomic E-state index is 0.0971. The molecule has 0 atom stereocenters. The number of Topliss-reactive ketones (excluding diaryl/α,β-unsaturated/α-hetero) is 1. The van der Waals surface area contributed by atoms with Gasteiger partial charge in [-0.25, -0.2) is 0 Å². The van der Waals surface area contributed by atoms with Gasteiger partial charge in [0.2, 0.25) is 0 Å². The third-order valence-corrected chi connectivity index (χ3v) is 6.01. The molecular formula is C27H33N3O3. The van der Waals surface area contributed by atoms with Gasteiger partial charge in [-0.1, -0.05) is 25.1 Å². The van der Waals surface area contributed by atoms with Crippen LogP contribution in [-0.4, -0.2) is 55.1 Å². The zero-order valence-corrected chi connectivity index (χ0v) is 19.6. The van der Waals surface area contributed by atoms with Gasteiger partial charge < -0.3 is 14.8 Å². The average molecular weight is 448 g/mol. The summed E-state index contributed by atoms with van der Waals surface area (Å²) in [5, 5.41) is 4.42. The van der Waals surface area contributed by atoms with Gasteiger partial charge in [0, 0.05) is 43.3 Å². The molecule has 6 heteroatoms. The quantitative estimate of drug-likeness (QED) is 0.333. The Morgan fingerprint density at radius 3 is 2.79 bits per heavy atom. The third kappa shape index (κ3) is 5.89. The second-order valence-corrected chi connectivity index (χ2v) is 8.49. The number of para-hydroxylation sites is 1. The Bertz CT molecular complexity index is 1090. The molecule has 0 unspecified atom stereocenters. The van der Waals surface area contributed by atoms with Crippen LogP contribution in [0.25, 0.3) is 10.9 Å². The van der Waals surface area contributed by atoms with Crippen LogP contribution in [0.1, 0.15) is 42.1 Å². The zero-order valence-electron chi connectivity index (χ0n) is 19.6. The number of hydrogen-bond acceptors (Lipinski definition) is 6. The van der Waals surface area contributed by atoms with Crippen LogP contribution in [0.15, 0.2) is 48.7 Å². The van der Waals surface area contributed by atoms with Crippen LogP contribution < -0.4 is 10.1 Å². The Balaban J connectivity index is 1.58. The van der Waals surface area contributed by atoms with Crippen molar-refractivity contribution in [2.45, 2.75) is 33.1 Å². The predicted molar refractivity (Wildman–Crippen MR) is 133 cm³/mol. The number of aryl methyl sites for hydroxylation is 1. The zero-order chi connectivity index (χ0) is 23.0. The number of ketones is 1. The number of aromatic nitrogens is 1. The maximum absolute atomic E-state index is 12.9. The van der Waals surface area contributed by atoms with Gasteiger partial charge in [0.05, 0.1) is 36.6 Å². The molecule has 0 radical (unpaired) electrons. The molecule has 0 saturated carbocycles. The first-order valence-electron chi connectivity index (χ1n) is 11.9. The topological polar surface area (TPSA) is 63.7 Å². The smallest absolute Gasteiger partial charge is 0.166 e. The fourth-order valence-corrected chi connectivity index (χ4v) is 4.12. The molecule has 174 valence electrons. The predicted octanol–water partition coefficient (Wildman–Crippen LogP) is 5.37. The molecule has 6 nitrogen and oxygen atoms in total. The summed E-state index contributed by atoms with van der Waals surface area (Å²) in [5.74, 6) is 0.888. The van der Waals surface area contributed by atoms with E-state index in [-0.39, 0.29) is 5.78 Å². The van der Waals surface area contributed by atoms with E-state index in [4.69, 9.17) is 9.47 Å². The number of carbonyl (C=O) groups excluding carboxylic acids is 1. The van der Waals surface area contributed by atoms with Crippen molar-refractivity contribution in [2.24, 2.45) is 0 Å². The summed E-state index contributed by atoms with van der Waals surface area (Å²) < 4.78 is 11.5. The Hall–Kier alpha value is -2.96. The normalized spacial score (nSPS) is 14.4. The van der Waals surface area contributed by atoms with Gasteiger partial charge >= 0.3 is 0 Å². The molecule has 0 bridgehead atoms. The number of hydrogen-bond donors (Lipinski definition) is 1. The molecule has 1 aliphatic rings. The number of morpholine rings is 1. The van der Waals surface area contributed by atoms with E-state index < -0.39 is 0 Å². The Morgan fingerprint density at radius 1 is 1.18 bits per heavy atom. The molecule has 0 aliphatic carbocycles. The van der Waals surface area contributed by atoms with Crippen molar-refractivity contribution < 1.29 is 14.3 Å². The van der Waals surface area contributed by atoms with Crippen LogP contribution >= 0.6 is 0 Å². The first-order valence-corrected chi connectivity index (χ1v) is 11.9. The van der Waals surface area contributed by atoms with Crippen molar-refractivity contribution in [1.82, 2.24) is 9.88 Å². The third-order valence-electron chi connectivity index (χ3n) is 6.01. The summed E-state index contributed by atoms with van der Waals surface area (Å²) in [6.07, 6.45) is 3.95. The molecule has 4 rings (SSSR count). The lowest BCUT2D eigenvalue weighted by Crippen LogP contribution is -2.37. The number of nitrogens with zero attached hydrogens (tertiary/aromatic N) is 2. The second-order valence-electron chi connectivity index (χ2n) is 8.49. The van der Waals surface area contributed by atoms with Crippen LogP contribution in [0.4, 0.5) is 11.4 Å². The van der Waals surface area contributed by atoms with E-state index >= 15 is 0 Å². The number of anilines is 2. The number of carbonyl (C=O) groups is 1. The van der Waals surface area contributed by atoms with Crippen molar-refractivity contribution in [3.8, 4) is 5.75 Å². The first kappa shape index (κ1) is 23.2. The molecule has 1 saturated heterocycles. The fourth-order valence-electron chi connectivity index (χ4n) is 4.12. The maximum Gasteiger partial charge on any atom is 0.166 e. The van der Waals surface area contributed by atoms with Crippen molar-refractivity contribution in [3.63, 3.8) is 0 Å². The SMILES string of the molecule is CCCC(=O)c1cnc2ccc(OCCCN3CCOCC3)cc2c1Nc1ccccc1C. The van der Waals surface area contributed by atoms with Crippen molar-refractivity contribution >= 4 is 28.1 Å². The number of nitrogens with one attached hydrogen (secondary N) is 1. The van der Waals surface area contributed by atoms with Gasteiger partial charge in [-0.3, -0.25) is 14.7 Å². The van der Waals surface area contributed by atoms with Crippen molar-refractivity contribution in [1.29, 1.82) is 0 Å². The summed E-state index contributed by atoms with van der Waals surface area (Å²) >= 11 is 0. The van der Waals surface area contributed by atoms with E-state index in [1.54, 1.807) is 6.20 Å². The maximum atomic E-state index is 12.9. The van der Waals surface area contributed by atoms with Gasteiger partial charge in [0.15, 0.2) is 5.78 Å². The highest BCUT2D eigenvalue weighted by molar-refractivity contribution is 6.09. The fraction of sp³-hybridized carbons (Fsp3) is 0.407. The molecule has 1 fully saturated rings. The molecule has 2 aromatic carbocycles. The van der Waals surface area contributed by atoms with Gasteiger partial charge in [-0.2, -0.15) is 0 Å². The molecule has 1 aromatic heterocycles. The van der Waals surface area contributed by atoms with E-state index in [1.807, 2.05) is 43.3 Å². The molecule has 0 spiro atoms. The molecular weight excluding hydrogens is 414 g/mol. The van der Waals surface area contributed by atoms with Gasteiger partial charge in [0.1, 0.15) is 5.75 Å². The molecule has 33 heavy (non-hydrogen) atoms. The van der Waals surface area contributed by atoms with E-state index in [9.17, 15) is 4.79 Å². The highest BCUT2D eigenvalue weighted by Crippen LogP contribution is 2.33. The number of benzene rings is 2. The number of pyridine rings is 1. The largest absolute Gasteiger partial charge is 0.494 e. The van der Waals surface area contributed by atoms with Gasteiger partial charge in [-0.15, -0.1) is 0 Å². The standard InChI is InChI=1S/C27H33N3O3/c1-3-7-26(31)23-19-28-25-11-10-21(33-15-6-12-30-13-16-32-17-14-30)18-22(25)27(23)29-24-9-5-4-8-20(24)2/h4-5,8-11,18-19H,3,6-7,12-17H2,1-2H3,(H,28,29). The van der Waals surface area contributed by atoms with Crippen LogP contribution in [0.2, 0.25) is 0 Å². The lowest BCUT2D eigenvalue weighted by molar-refractivity contribution is 0.0358. The minimum Gasteiger partial charge on any atom is -0.494 e. The van der Waals surface area contributed by atoms with Gasteiger partial charge in [0.25, 0.3) is 0 Å². The Labute approximate surface area is 195 Å². The highest BCUT2D eigenvalue weighted by Gasteiger charge is 2.17. The second kappa shape index (κ2) is 11.3. The van der Waals surface area contributed by atoms with Crippen LogP contribution in [0.3, 0.4) is 0 Å². The summed E-state index contributed by atoms with van der Waals surface area (Å²) in [4.78, 5) is 19.9. The van der Waals surface area contributed by atoms with E-state index in [0.29, 0.717) is 18.6 Å². The Kier molecular flexibility index (Phi) is 7.92. The molecule has 0 amide bonds. The molecule has 1 N–H and O–H groups in total. The molecule has 2 heterocycles. The summed E-state index contributed by atoms with van der Waals surface area (Å²) in [6.45, 7) is 9.34. The van der Waals surface area contributed by atoms with Gasteiger partial charge in [-0.05, 0) is 49.6 Å². The van der Waals surface area contributed by atoms with E-state index in [0.717, 1.165) is 79.3 Å². The van der Waals surface area contributed by atoms with E-state index in [2.05, 4.69) is 28.2 Å². The lowest BCUT2D eigenvalue weighted by Gasteiger charge is -2.26. The summed E-state index contributed by atoms with van der Waals surface area (Å²) in [7, 11) is 0. The molecule has 1 aliphatic heterocycles. The Morgan fingerprint density at radius 2 is 2.00 bits per heavy atom. The average Bonchev–Trinajstić information content (AvgIpc) is 2.84. The van der Waals surface area contributed by atoms with Crippen LogP contribution in [0.5, 0.6) is 5.75 Å². The first-order chi connectivity index (χ1) is 16.2. The number of rotatable bonds is 10. The summed E-state index contributed by atoms with van der Waals surface area (Å²) in [6, 6.07) is 14.0. The van der Waals surface area contributed by atoms with Crippen LogP contribution in [-0.2, 0) is 4.74 Å². The monoisotopic (exact) mass is 447 g/mol. The highest BCUT2D eigenvalue weighted by atomic mass is 16.5. The molecule has 3 aromatic rings. The number of fused-ring (bicyclic) bond motifs is 1.